The van der Waals surface area contributed by atoms with Crippen LogP contribution in [0.3, 0.4) is 0 Å². The summed E-state index contributed by atoms with van der Waals surface area (Å²) in [6.07, 6.45) is 0. The van der Waals surface area contributed by atoms with Gasteiger partial charge in [0.15, 0.2) is 5.78 Å². The van der Waals surface area contributed by atoms with Crippen LogP contribution in [-0.4, -0.2) is 18.9 Å². The first-order valence-electron chi connectivity index (χ1n) is 6.57. The molecule has 0 spiro atoms. The maximum Gasteiger partial charge on any atom is 0.348 e. The molecule has 0 saturated carbocycles. The summed E-state index contributed by atoms with van der Waals surface area (Å²) < 4.78 is 4.79. The minimum Gasteiger partial charge on any atom is -0.465 e. The lowest BCUT2D eigenvalue weighted by molar-refractivity contribution is 0.0605. The lowest BCUT2D eigenvalue weighted by Gasteiger charge is -2.10. The van der Waals surface area contributed by atoms with Crippen molar-refractivity contribution in [2.75, 3.05) is 12.8 Å². The molecule has 0 fully saturated rings. The summed E-state index contributed by atoms with van der Waals surface area (Å²) in [5.41, 5.74) is 7.64. The third-order valence-electron chi connectivity index (χ3n) is 3.18. The van der Waals surface area contributed by atoms with Gasteiger partial charge >= 0.3 is 5.97 Å². The lowest BCUT2D eigenvalue weighted by Crippen LogP contribution is -2.10. The van der Waals surface area contributed by atoms with Gasteiger partial charge in [-0.1, -0.05) is 44.2 Å². The molecule has 21 heavy (non-hydrogen) atoms. The van der Waals surface area contributed by atoms with Crippen molar-refractivity contribution < 1.29 is 14.3 Å². The van der Waals surface area contributed by atoms with Crippen LogP contribution in [0.1, 0.15) is 50.9 Å². The Kier molecular flexibility index (Phi) is 4.43. The summed E-state index contributed by atoms with van der Waals surface area (Å²) in [5.74, 6) is -0.624. The minimum absolute atomic E-state index is 0.00434. The zero-order chi connectivity index (χ0) is 15.6. The molecule has 1 aromatic carbocycles. The number of carbonyl (C=O) groups excluding carboxylic acids is 2. The van der Waals surface area contributed by atoms with Crippen molar-refractivity contribution in [2.45, 2.75) is 19.8 Å². The van der Waals surface area contributed by atoms with E-state index in [-0.39, 0.29) is 11.7 Å². The Bertz CT molecular complexity index is 674. The number of nitrogens with two attached hydrogens (primary N) is 1. The highest BCUT2D eigenvalue weighted by atomic mass is 32.1. The van der Waals surface area contributed by atoms with Gasteiger partial charge in [-0.2, -0.15) is 0 Å². The average Bonchev–Trinajstić information content (AvgIpc) is 2.84. The van der Waals surface area contributed by atoms with E-state index in [1.165, 1.54) is 7.11 Å². The Labute approximate surface area is 127 Å². The van der Waals surface area contributed by atoms with Gasteiger partial charge in [-0.05, 0) is 11.5 Å². The molecular weight excluding hydrogens is 286 g/mol. The maximum absolute atomic E-state index is 12.7. The molecule has 0 atom stereocenters. The number of nitrogen functional groups attached to an aromatic ring is 1. The Balaban J connectivity index is 2.61. The highest BCUT2D eigenvalue weighted by Crippen LogP contribution is 2.37. The summed E-state index contributed by atoms with van der Waals surface area (Å²) in [7, 11) is 1.32. The summed E-state index contributed by atoms with van der Waals surface area (Å²) in [6, 6.07) is 8.91. The molecule has 0 radical (unpaired) electrons. The Hall–Kier alpha value is -2.14. The standard InChI is InChI=1S/C16H17NO3S/c1-9(2)11-12(13(18)10-7-5-4-6-8-10)15(17)21-14(11)16(19)20-3/h4-9H,17H2,1-3H3. The van der Waals surface area contributed by atoms with Crippen LogP contribution in [0.4, 0.5) is 5.00 Å². The topological polar surface area (TPSA) is 69.4 Å². The molecule has 0 aliphatic rings. The molecule has 110 valence electrons. The van der Waals surface area contributed by atoms with Gasteiger partial charge in [0.1, 0.15) is 4.88 Å². The van der Waals surface area contributed by atoms with Gasteiger partial charge in [0.25, 0.3) is 0 Å². The van der Waals surface area contributed by atoms with E-state index in [2.05, 4.69) is 0 Å². The van der Waals surface area contributed by atoms with Crippen LogP contribution in [-0.2, 0) is 4.74 Å². The highest BCUT2D eigenvalue weighted by molar-refractivity contribution is 7.18. The largest absolute Gasteiger partial charge is 0.465 e. The molecule has 0 saturated heterocycles. The van der Waals surface area contributed by atoms with Gasteiger partial charge < -0.3 is 10.5 Å². The number of methoxy groups -OCH3 is 1. The van der Waals surface area contributed by atoms with Crippen LogP contribution in [0.2, 0.25) is 0 Å². The van der Waals surface area contributed by atoms with Gasteiger partial charge in [-0.15, -0.1) is 11.3 Å². The van der Waals surface area contributed by atoms with Crippen molar-refractivity contribution in [2.24, 2.45) is 0 Å². The molecule has 0 amide bonds. The normalized spacial score (nSPS) is 10.7. The highest BCUT2D eigenvalue weighted by Gasteiger charge is 2.28. The number of anilines is 1. The van der Waals surface area contributed by atoms with Crippen LogP contribution in [0, 0.1) is 0 Å². The maximum atomic E-state index is 12.7. The predicted octanol–water partition coefficient (Wildman–Crippen LogP) is 3.47. The SMILES string of the molecule is COC(=O)c1sc(N)c(C(=O)c2ccccc2)c1C(C)C. The second-order valence-corrected chi connectivity index (χ2v) is 5.98. The van der Waals surface area contributed by atoms with Crippen LogP contribution >= 0.6 is 11.3 Å². The van der Waals surface area contributed by atoms with Crippen molar-refractivity contribution in [3.63, 3.8) is 0 Å². The summed E-state index contributed by atoms with van der Waals surface area (Å²) in [5, 5.41) is 0.355. The Morgan fingerprint density at radius 1 is 1.19 bits per heavy atom. The van der Waals surface area contributed by atoms with Gasteiger partial charge in [-0.25, -0.2) is 4.79 Å². The second kappa shape index (κ2) is 6.10. The Morgan fingerprint density at radius 3 is 2.33 bits per heavy atom. The monoisotopic (exact) mass is 303 g/mol. The average molecular weight is 303 g/mol. The molecule has 1 heterocycles. The molecule has 1 aromatic heterocycles. The first kappa shape index (κ1) is 15.3. The molecule has 5 heteroatoms. The van der Waals surface area contributed by atoms with Gasteiger partial charge in [0.05, 0.1) is 17.7 Å². The molecule has 2 rings (SSSR count). The Morgan fingerprint density at radius 2 is 1.81 bits per heavy atom. The van der Waals surface area contributed by atoms with E-state index in [9.17, 15) is 9.59 Å². The van der Waals surface area contributed by atoms with E-state index in [1.807, 2.05) is 19.9 Å². The number of hydrogen-bond acceptors (Lipinski definition) is 5. The van der Waals surface area contributed by atoms with E-state index in [0.29, 0.717) is 26.6 Å². The molecule has 0 unspecified atom stereocenters. The van der Waals surface area contributed by atoms with E-state index in [0.717, 1.165) is 11.3 Å². The zero-order valence-corrected chi connectivity index (χ0v) is 13.0. The van der Waals surface area contributed by atoms with Gasteiger partial charge in [-0.3, -0.25) is 4.79 Å². The molecule has 4 nitrogen and oxygen atoms in total. The number of benzene rings is 1. The van der Waals surface area contributed by atoms with E-state index in [4.69, 9.17) is 10.5 Å². The number of ether oxygens (including phenoxy) is 1. The smallest absolute Gasteiger partial charge is 0.348 e. The van der Waals surface area contributed by atoms with Crippen LogP contribution < -0.4 is 5.73 Å². The fraction of sp³-hybridized carbons (Fsp3) is 0.250. The van der Waals surface area contributed by atoms with Crippen LogP contribution in [0.15, 0.2) is 30.3 Å². The number of thiophene rings is 1. The van der Waals surface area contributed by atoms with Gasteiger partial charge in [0, 0.05) is 5.56 Å². The van der Waals surface area contributed by atoms with Gasteiger partial charge in [0.2, 0.25) is 0 Å². The number of esters is 1. The first-order valence-corrected chi connectivity index (χ1v) is 7.39. The third kappa shape index (κ3) is 2.83. The van der Waals surface area contributed by atoms with Crippen molar-refractivity contribution in [3.05, 3.63) is 51.9 Å². The molecule has 0 bridgehead atoms. The van der Waals surface area contributed by atoms with Crippen molar-refractivity contribution in [3.8, 4) is 0 Å². The van der Waals surface area contributed by atoms with Crippen molar-refractivity contribution in [1.82, 2.24) is 0 Å². The summed E-state index contributed by atoms with van der Waals surface area (Å²) in [4.78, 5) is 25.0. The zero-order valence-electron chi connectivity index (χ0n) is 12.2. The molecular formula is C16H17NO3S. The summed E-state index contributed by atoms with van der Waals surface area (Å²) >= 11 is 1.11. The van der Waals surface area contributed by atoms with Crippen molar-refractivity contribution >= 4 is 28.1 Å². The van der Waals surface area contributed by atoms with Crippen LogP contribution in [0.25, 0.3) is 0 Å². The second-order valence-electron chi connectivity index (χ2n) is 4.93. The number of carbonyl (C=O) groups is 2. The third-order valence-corrected chi connectivity index (χ3v) is 4.20. The molecule has 0 aliphatic heterocycles. The first-order chi connectivity index (χ1) is 9.97. The molecule has 2 aromatic rings. The number of rotatable bonds is 4. The van der Waals surface area contributed by atoms with E-state index < -0.39 is 5.97 Å². The lowest BCUT2D eigenvalue weighted by atomic mass is 9.93. The molecule has 2 N–H and O–H groups in total. The predicted molar refractivity (Wildman–Crippen MR) is 84.0 cm³/mol. The van der Waals surface area contributed by atoms with E-state index >= 15 is 0 Å². The fourth-order valence-corrected chi connectivity index (χ4v) is 3.36. The quantitative estimate of drug-likeness (QED) is 0.693. The van der Waals surface area contributed by atoms with Crippen molar-refractivity contribution in [1.29, 1.82) is 0 Å². The minimum atomic E-state index is -0.456. The molecule has 0 aliphatic carbocycles. The number of hydrogen-bond donors (Lipinski definition) is 1. The van der Waals surface area contributed by atoms with Crippen LogP contribution in [0.5, 0.6) is 0 Å². The fourth-order valence-electron chi connectivity index (χ4n) is 2.23. The van der Waals surface area contributed by atoms with E-state index in [1.54, 1.807) is 24.3 Å². The summed E-state index contributed by atoms with van der Waals surface area (Å²) in [6.45, 7) is 3.85. The number of ketones is 1.